The van der Waals surface area contributed by atoms with E-state index in [1.807, 2.05) is 18.2 Å². The molecule has 0 aromatic heterocycles. The van der Waals surface area contributed by atoms with E-state index >= 15 is 0 Å². The van der Waals surface area contributed by atoms with E-state index in [4.69, 9.17) is 0 Å². The van der Waals surface area contributed by atoms with Gasteiger partial charge in [0.15, 0.2) is 0 Å². The van der Waals surface area contributed by atoms with Gasteiger partial charge in [-0.05, 0) is 36.4 Å². The molecule has 2 atom stereocenters. The average Bonchev–Trinajstić information content (AvgIpc) is 2.48. The number of aliphatic hydroxyl groups excluding tert-OH is 1. The zero-order valence-corrected chi connectivity index (χ0v) is 10.8. The predicted molar refractivity (Wildman–Crippen MR) is 74.5 cm³/mol. The molecule has 3 heteroatoms. The minimum absolute atomic E-state index is 0.0719. The highest BCUT2D eigenvalue weighted by Crippen LogP contribution is 2.30. The first-order valence-corrected chi connectivity index (χ1v) is 6.86. The molecule has 2 aromatic rings. The standard InChI is InChI=1S/C16H18FNO/c17-14-9-8-13(11-5-1-2-6-12(11)14)16(19)15-7-3-4-10-18-15/h1-2,5-6,8-9,15-16,18-19H,3-4,7,10H2. The molecule has 0 amide bonds. The van der Waals surface area contributed by atoms with Gasteiger partial charge in [0.2, 0.25) is 0 Å². The highest BCUT2D eigenvalue weighted by atomic mass is 19.1. The first-order chi connectivity index (χ1) is 9.27. The number of halogens is 1. The summed E-state index contributed by atoms with van der Waals surface area (Å²) in [4.78, 5) is 0. The number of benzene rings is 2. The van der Waals surface area contributed by atoms with E-state index < -0.39 is 6.10 Å². The molecule has 3 rings (SSSR count). The van der Waals surface area contributed by atoms with Gasteiger partial charge in [0.05, 0.1) is 6.10 Å². The molecule has 100 valence electrons. The zero-order chi connectivity index (χ0) is 13.2. The smallest absolute Gasteiger partial charge is 0.131 e. The summed E-state index contributed by atoms with van der Waals surface area (Å²) in [5.41, 5.74) is 0.816. The molecule has 1 aliphatic rings. The molecule has 0 saturated carbocycles. The van der Waals surface area contributed by atoms with Crippen molar-refractivity contribution in [2.75, 3.05) is 6.54 Å². The Morgan fingerprint density at radius 2 is 1.89 bits per heavy atom. The molecule has 1 aliphatic heterocycles. The van der Waals surface area contributed by atoms with Crippen LogP contribution in [0.15, 0.2) is 36.4 Å². The van der Waals surface area contributed by atoms with E-state index in [-0.39, 0.29) is 11.9 Å². The van der Waals surface area contributed by atoms with Crippen LogP contribution >= 0.6 is 0 Å². The van der Waals surface area contributed by atoms with Gasteiger partial charge in [-0.2, -0.15) is 0 Å². The summed E-state index contributed by atoms with van der Waals surface area (Å²) < 4.78 is 13.8. The Labute approximate surface area is 112 Å². The quantitative estimate of drug-likeness (QED) is 0.868. The van der Waals surface area contributed by atoms with Crippen molar-refractivity contribution < 1.29 is 9.50 Å². The van der Waals surface area contributed by atoms with Crippen LogP contribution in [0.25, 0.3) is 10.8 Å². The summed E-state index contributed by atoms with van der Waals surface area (Å²) in [5.74, 6) is -0.233. The van der Waals surface area contributed by atoms with Gasteiger partial charge in [-0.25, -0.2) is 4.39 Å². The molecule has 0 spiro atoms. The third kappa shape index (κ3) is 2.36. The first kappa shape index (κ1) is 12.6. The number of aliphatic hydroxyl groups is 1. The van der Waals surface area contributed by atoms with Crippen LogP contribution in [-0.2, 0) is 0 Å². The third-order valence-electron chi connectivity index (χ3n) is 3.95. The van der Waals surface area contributed by atoms with Crippen molar-refractivity contribution in [3.8, 4) is 0 Å². The van der Waals surface area contributed by atoms with Crippen molar-refractivity contribution >= 4 is 10.8 Å². The van der Waals surface area contributed by atoms with E-state index in [1.54, 1.807) is 12.1 Å². The summed E-state index contributed by atoms with van der Waals surface area (Å²) >= 11 is 0. The third-order valence-corrected chi connectivity index (χ3v) is 3.95. The fraction of sp³-hybridized carbons (Fsp3) is 0.375. The van der Waals surface area contributed by atoms with Gasteiger partial charge in [0.1, 0.15) is 5.82 Å². The second-order valence-electron chi connectivity index (χ2n) is 5.18. The van der Waals surface area contributed by atoms with E-state index in [0.717, 1.165) is 36.8 Å². The summed E-state index contributed by atoms with van der Waals surface area (Å²) in [6, 6.07) is 10.6. The second kappa shape index (κ2) is 5.27. The van der Waals surface area contributed by atoms with Crippen LogP contribution in [-0.4, -0.2) is 17.7 Å². The Bertz CT molecular complexity index is 578. The van der Waals surface area contributed by atoms with E-state index in [9.17, 15) is 9.50 Å². The molecular formula is C16H18FNO. The lowest BCUT2D eigenvalue weighted by molar-refractivity contribution is 0.115. The molecule has 19 heavy (non-hydrogen) atoms. The Morgan fingerprint density at radius 3 is 2.63 bits per heavy atom. The number of piperidine rings is 1. The molecule has 1 saturated heterocycles. The van der Waals surface area contributed by atoms with Crippen molar-refractivity contribution in [2.24, 2.45) is 0 Å². The van der Waals surface area contributed by atoms with Crippen LogP contribution in [0, 0.1) is 5.82 Å². The lowest BCUT2D eigenvalue weighted by atomic mass is 9.91. The largest absolute Gasteiger partial charge is 0.387 e. The van der Waals surface area contributed by atoms with Crippen LogP contribution in [0.1, 0.15) is 30.9 Å². The molecule has 1 heterocycles. The van der Waals surface area contributed by atoms with Crippen LogP contribution in [0.3, 0.4) is 0 Å². The molecule has 2 nitrogen and oxygen atoms in total. The molecule has 2 N–H and O–H groups in total. The van der Waals surface area contributed by atoms with Crippen molar-refractivity contribution in [3.63, 3.8) is 0 Å². The van der Waals surface area contributed by atoms with Crippen LogP contribution in [0.5, 0.6) is 0 Å². The molecule has 0 aliphatic carbocycles. The average molecular weight is 259 g/mol. The highest BCUT2D eigenvalue weighted by Gasteiger charge is 2.24. The normalized spacial score (nSPS) is 21.5. The number of hydrogen-bond acceptors (Lipinski definition) is 2. The van der Waals surface area contributed by atoms with E-state index in [2.05, 4.69) is 5.32 Å². The fourth-order valence-corrected chi connectivity index (χ4v) is 2.91. The molecule has 1 fully saturated rings. The minimum atomic E-state index is -0.578. The van der Waals surface area contributed by atoms with Gasteiger partial charge in [0.25, 0.3) is 0 Å². The highest BCUT2D eigenvalue weighted by molar-refractivity contribution is 5.86. The van der Waals surface area contributed by atoms with E-state index in [0.29, 0.717) is 5.39 Å². The van der Waals surface area contributed by atoms with Crippen LogP contribution in [0.4, 0.5) is 4.39 Å². The second-order valence-corrected chi connectivity index (χ2v) is 5.18. The van der Waals surface area contributed by atoms with Gasteiger partial charge in [-0.3, -0.25) is 0 Å². The number of nitrogens with one attached hydrogen (secondary N) is 1. The Balaban J connectivity index is 2.02. The lowest BCUT2D eigenvalue weighted by Gasteiger charge is -2.29. The first-order valence-electron chi connectivity index (χ1n) is 6.86. The molecule has 2 unspecified atom stereocenters. The topological polar surface area (TPSA) is 32.3 Å². The molecule has 2 aromatic carbocycles. The number of fused-ring (bicyclic) bond motifs is 1. The van der Waals surface area contributed by atoms with Gasteiger partial charge >= 0.3 is 0 Å². The van der Waals surface area contributed by atoms with Crippen molar-refractivity contribution in [3.05, 3.63) is 47.8 Å². The lowest BCUT2D eigenvalue weighted by Crippen LogP contribution is -2.38. The maximum absolute atomic E-state index is 13.8. The van der Waals surface area contributed by atoms with E-state index in [1.165, 1.54) is 6.07 Å². The van der Waals surface area contributed by atoms with Gasteiger partial charge in [-0.15, -0.1) is 0 Å². The van der Waals surface area contributed by atoms with Gasteiger partial charge in [-0.1, -0.05) is 36.8 Å². The number of hydrogen-bond donors (Lipinski definition) is 2. The van der Waals surface area contributed by atoms with Crippen molar-refractivity contribution in [2.45, 2.75) is 31.4 Å². The fourth-order valence-electron chi connectivity index (χ4n) is 2.91. The predicted octanol–water partition coefficient (Wildman–Crippen LogP) is 3.15. The maximum Gasteiger partial charge on any atom is 0.131 e. The summed E-state index contributed by atoms with van der Waals surface area (Å²) in [5, 5.41) is 15.3. The molecule has 0 bridgehead atoms. The Kier molecular flexibility index (Phi) is 3.49. The van der Waals surface area contributed by atoms with Crippen molar-refractivity contribution in [1.82, 2.24) is 5.32 Å². The minimum Gasteiger partial charge on any atom is -0.387 e. The van der Waals surface area contributed by atoms with Crippen LogP contribution in [0.2, 0.25) is 0 Å². The molecular weight excluding hydrogens is 241 g/mol. The summed E-state index contributed by atoms with van der Waals surface area (Å²) in [7, 11) is 0. The Hall–Kier alpha value is -1.45. The maximum atomic E-state index is 13.8. The summed E-state index contributed by atoms with van der Waals surface area (Å²) in [6.45, 7) is 0.945. The monoisotopic (exact) mass is 259 g/mol. The Morgan fingerprint density at radius 1 is 1.11 bits per heavy atom. The SMILES string of the molecule is OC(c1ccc(F)c2ccccc12)C1CCCCN1. The van der Waals surface area contributed by atoms with Gasteiger partial charge in [0, 0.05) is 11.4 Å². The van der Waals surface area contributed by atoms with Gasteiger partial charge < -0.3 is 10.4 Å². The molecule has 0 radical (unpaired) electrons. The summed E-state index contributed by atoms with van der Waals surface area (Å²) in [6.07, 6.45) is 2.68. The van der Waals surface area contributed by atoms with Crippen molar-refractivity contribution in [1.29, 1.82) is 0 Å². The zero-order valence-electron chi connectivity index (χ0n) is 10.8. The van der Waals surface area contributed by atoms with Crippen LogP contribution < -0.4 is 5.32 Å². The number of rotatable bonds is 2.